The molecule has 0 atom stereocenters. The van der Waals surface area contributed by atoms with E-state index >= 15 is 0 Å². The second-order valence-electron chi connectivity index (χ2n) is 6.27. The molecule has 0 aliphatic carbocycles. The number of thioether (sulfide) groups is 1. The first kappa shape index (κ1) is 21.8. The van der Waals surface area contributed by atoms with Crippen molar-refractivity contribution < 1.29 is 14.3 Å². The number of amides is 2. The maximum absolute atomic E-state index is 12.6. The molecule has 1 aliphatic rings. The zero-order valence-corrected chi connectivity index (χ0v) is 18.4. The summed E-state index contributed by atoms with van der Waals surface area (Å²) in [5, 5.41) is 12.6. The van der Waals surface area contributed by atoms with Crippen LogP contribution in [0, 0.1) is 0 Å². The van der Waals surface area contributed by atoms with Crippen LogP contribution in [-0.4, -0.2) is 79.1 Å². The van der Waals surface area contributed by atoms with E-state index in [9.17, 15) is 9.59 Å². The first-order valence-electron chi connectivity index (χ1n) is 9.08. The molecular weight excluding hydrogens is 434 g/mol. The van der Waals surface area contributed by atoms with Crippen molar-refractivity contribution in [3.05, 3.63) is 34.9 Å². The summed E-state index contributed by atoms with van der Waals surface area (Å²) < 4.78 is 5.65. The predicted molar refractivity (Wildman–Crippen MR) is 115 cm³/mol. The van der Waals surface area contributed by atoms with Crippen molar-refractivity contribution in [3.8, 4) is 0 Å². The molecule has 29 heavy (non-hydrogen) atoms. The molecule has 2 aromatic rings. The van der Waals surface area contributed by atoms with E-state index in [1.807, 2.05) is 4.90 Å². The number of rotatable bonds is 8. The second-order valence-corrected chi connectivity index (χ2v) is 8.88. The number of hydrogen-bond donors (Lipinski definition) is 1. The zero-order chi connectivity index (χ0) is 20.6. The van der Waals surface area contributed by atoms with Gasteiger partial charge in [0.25, 0.3) is 5.91 Å². The van der Waals surface area contributed by atoms with Crippen LogP contribution < -0.4 is 10.2 Å². The van der Waals surface area contributed by atoms with Gasteiger partial charge in [0.05, 0.1) is 12.4 Å². The Labute approximate surface area is 182 Å². The molecule has 2 amide bonds. The number of aromatic nitrogens is 2. The highest BCUT2D eigenvalue weighted by atomic mass is 35.5. The molecule has 3 rings (SSSR count). The van der Waals surface area contributed by atoms with Gasteiger partial charge < -0.3 is 19.9 Å². The third-order valence-electron chi connectivity index (χ3n) is 4.28. The first-order chi connectivity index (χ1) is 14.1. The van der Waals surface area contributed by atoms with Gasteiger partial charge >= 0.3 is 0 Å². The van der Waals surface area contributed by atoms with Crippen LogP contribution in [0.4, 0.5) is 5.13 Å². The van der Waals surface area contributed by atoms with Crippen molar-refractivity contribution in [2.24, 2.45) is 0 Å². The number of carbonyl (C=O) groups excluding carboxylic acids is 2. The lowest BCUT2D eigenvalue weighted by atomic mass is 10.2. The van der Waals surface area contributed by atoms with Gasteiger partial charge in [-0.3, -0.25) is 9.59 Å². The largest absolute Gasteiger partial charge is 0.383 e. The summed E-state index contributed by atoms with van der Waals surface area (Å²) in [5.41, 5.74) is 0.640. The molecule has 0 spiro atoms. The average molecular weight is 456 g/mol. The maximum atomic E-state index is 12.6. The third kappa shape index (κ3) is 6.30. The fourth-order valence-corrected chi connectivity index (χ4v) is 4.58. The number of hydrogen-bond acceptors (Lipinski definition) is 8. The number of anilines is 1. The van der Waals surface area contributed by atoms with E-state index in [-0.39, 0.29) is 11.8 Å². The number of piperazine rings is 1. The Morgan fingerprint density at radius 3 is 2.62 bits per heavy atom. The summed E-state index contributed by atoms with van der Waals surface area (Å²) in [5.74, 6) is 0.245. The van der Waals surface area contributed by atoms with Gasteiger partial charge in [-0.25, -0.2) is 0 Å². The normalized spacial score (nSPS) is 14.1. The second kappa shape index (κ2) is 10.8. The maximum Gasteiger partial charge on any atom is 0.253 e. The molecule has 1 aromatic carbocycles. The minimum Gasteiger partial charge on any atom is -0.383 e. The molecule has 1 fully saturated rings. The summed E-state index contributed by atoms with van der Waals surface area (Å²) >= 11 is 8.71. The van der Waals surface area contributed by atoms with Crippen LogP contribution in [0.2, 0.25) is 5.02 Å². The monoisotopic (exact) mass is 455 g/mol. The average Bonchev–Trinajstić information content (AvgIpc) is 3.22. The number of nitrogens with zero attached hydrogens (tertiary/aromatic N) is 4. The molecule has 1 aromatic heterocycles. The van der Waals surface area contributed by atoms with E-state index in [4.69, 9.17) is 16.3 Å². The van der Waals surface area contributed by atoms with Crippen LogP contribution in [0.5, 0.6) is 0 Å². The van der Waals surface area contributed by atoms with Crippen molar-refractivity contribution in [3.63, 3.8) is 0 Å². The van der Waals surface area contributed by atoms with E-state index in [1.165, 1.54) is 23.1 Å². The Morgan fingerprint density at radius 1 is 1.21 bits per heavy atom. The summed E-state index contributed by atoms with van der Waals surface area (Å²) in [7, 11) is 1.59. The minimum atomic E-state index is -0.0573. The van der Waals surface area contributed by atoms with E-state index < -0.39 is 0 Å². The first-order valence-corrected chi connectivity index (χ1v) is 11.3. The Hall–Kier alpha value is -1.88. The summed E-state index contributed by atoms with van der Waals surface area (Å²) in [6.07, 6.45) is 0. The van der Waals surface area contributed by atoms with Gasteiger partial charge in [0, 0.05) is 50.4 Å². The third-order valence-corrected chi connectivity index (χ3v) is 6.65. The molecule has 0 bridgehead atoms. The number of ether oxygens (including phenoxy) is 1. The minimum absolute atomic E-state index is 0.00862. The quantitative estimate of drug-likeness (QED) is 0.481. The van der Waals surface area contributed by atoms with Crippen LogP contribution >= 0.6 is 34.7 Å². The predicted octanol–water partition coefficient (Wildman–Crippen LogP) is 2.01. The molecule has 8 nitrogen and oxygen atoms in total. The van der Waals surface area contributed by atoms with Crippen LogP contribution in [0.1, 0.15) is 10.4 Å². The highest BCUT2D eigenvalue weighted by Gasteiger charge is 2.24. The Balaban J connectivity index is 1.46. The van der Waals surface area contributed by atoms with Gasteiger partial charge in [0.1, 0.15) is 0 Å². The SMILES string of the molecule is COCCNC(=O)CSc1nnc(N2CCN(C(=O)c3ccc(Cl)cc3)CC2)s1. The molecule has 1 N–H and O–H groups in total. The molecule has 156 valence electrons. The lowest BCUT2D eigenvalue weighted by molar-refractivity contribution is -0.118. The smallest absolute Gasteiger partial charge is 0.253 e. The summed E-state index contributed by atoms with van der Waals surface area (Å²) in [6, 6.07) is 6.94. The molecule has 11 heteroatoms. The van der Waals surface area contributed by atoms with Crippen molar-refractivity contribution in [1.82, 2.24) is 20.4 Å². The van der Waals surface area contributed by atoms with Gasteiger partial charge in [-0.15, -0.1) is 10.2 Å². The highest BCUT2D eigenvalue weighted by molar-refractivity contribution is 8.01. The standard InChI is InChI=1S/C18H22ClN5O3S2/c1-27-11-6-20-15(25)12-28-18-22-21-17(29-18)24-9-7-23(8-10-24)16(26)13-2-4-14(19)5-3-13/h2-5H,6-12H2,1H3,(H,20,25). The number of benzene rings is 1. The molecule has 1 aliphatic heterocycles. The molecule has 1 saturated heterocycles. The van der Waals surface area contributed by atoms with Gasteiger partial charge in [0.15, 0.2) is 4.34 Å². The van der Waals surface area contributed by atoms with Gasteiger partial charge in [-0.1, -0.05) is 34.7 Å². The number of halogens is 1. The molecule has 2 heterocycles. The molecule has 0 saturated carbocycles. The van der Waals surface area contributed by atoms with Crippen LogP contribution in [0.3, 0.4) is 0 Å². The number of carbonyl (C=O) groups is 2. The zero-order valence-electron chi connectivity index (χ0n) is 16.0. The molecular formula is C18H22ClN5O3S2. The van der Waals surface area contributed by atoms with Gasteiger partial charge in [0.2, 0.25) is 11.0 Å². The van der Waals surface area contributed by atoms with Crippen molar-refractivity contribution in [1.29, 1.82) is 0 Å². The Bertz CT molecular complexity index is 825. The summed E-state index contributed by atoms with van der Waals surface area (Å²) in [6.45, 7) is 3.60. The fraction of sp³-hybridized carbons (Fsp3) is 0.444. The van der Waals surface area contributed by atoms with Crippen molar-refractivity contribution >= 4 is 51.6 Å². The number of nitrogens with one attached hydrogen (secondary N) is 1. The van der Waals surface area contributed by atoms with E-state index in [2.05, 4.69) is 20.4 Å². The lowest BCUT2D eigenvalue weighted by Gasteiger charge is -2.34. The highest BCUT2D eigenvalue weighted by Crippen LogP contribution is 2.28. The Morgan fingerprint density at radius 2 is 1.93 bits per heavy atom. The van der Waals surface area contributed by atoms with Gasteiger partial charge in [-0.2, -0.15) is 0 Å². The van der Waals surface area contributed by atoms with E-state index in [0.717, 1.165) is 9.47 Å². The van der Waals surface area contributed by atoms with Gasteiger partial charge in [-0.05, 0) is 24.3 Å². The van der Waals surface area contributed by atoms with Crippen molar-refractivity contribution in [2.75, 3.05) is 57.1 Å². The van der Waals surface area contributed by atoms with Crippen LogP contribution in [0.15, 0.2) is 28.6 Å². The number of methoxy groups -OCH3 is 1. The van der Waals surface area contributed by atoms with Crippen molar-refractivity contribution in [2.45, 2.75) is 4.34 Å². The fourth-order valence-electron chi connectivity index (χ4n) is 2.74. The Kier molecular flexibility index (Phi) is 8.10. The molecule has 0 unspecified atom stereocenters. The summed E-state index contributed by atoms with van der Waals surface area (Å²) in [4.78, 5) is 28.3. The van der Waals surface area contributed by atoms with Crippen LogP contribution in [0.25, 0.3) is 0 Å². The van der Waals surface area contributed by atoms with E-state index in [1.54, 1.807) is 31.4 Å². The lowest BCUT2D eigenvalue weighted by Crippen LogP contribution is -2.48. The van der Waals surface area contributed by atoms with E-state index in [0.29, 0.717) is 55.7 Å². The van der Waals surface area contributed by atoms with Crippen LogP contribution in [-0.2, 0) is 9.53 Å². The topological polar surface area (TPSA) is 87.7 Å². The molecule has 0 radical (unpaired) electrons.